The predicted octanol–water partition coefficient (Wildman–Crippen LogP) is 3.29. The van der Waals surface area contributed by atoms with Gasteiger partial charge in [-0.15, -0.1) is 11.3 Å². The van der Waals surface area contributed by atoms with E-state index in [9.17, 15) is 0 Å². The molecule has 0 fully saturated rings. The molecule has 2 aromatic rings. The largest absolute Gasteiger partial charge is 0.378 e. The molecule has 0 radical (unpaired) electrons. The average Bonchev–Trinajstić information content (AvgIpc) is 2.88. The first-order valence-electron chi connectivity index (χ1n) is 5.68. The van der Waals surface area contributed by atoms with Crippen LogP contribution in [0.4, 0.5) is 5.69 Å². The number of para-hydroxylation sites is 1. The van der Waals surface area contributed by atoms with E-state index in [2.05, 4.69) is 22.4 Å². The maximum Gasteiger partial charge on any atom is 0.112 e. The summed E-state index contributed by atoms with van der Waals surface area (Å²) in [5.41, 5.74) is 2.31. The van der Waals surface area contributed by atoms with Crippen molar-refractivity contribution in [2.45, 2.75) is 20.1 Å². The first-order chi connectivity index (χ1) is 8.40. The molecule has 1 heterocycles. The Hall–Kier alpha value is -1.39. The Bertz CT molecular complexity index is 442. The van der Waals surface area contributed by atoms with Crippen LogP contribution in [-0.2, 0) is 17.9 Å². The van der Waals surface area contributed by atoms with Gasteiger partial charge in [0.2, 0.25) is 0 Å². The number of hydrogen-bond donors (Lipinski definition) is 1. The number of ether oxygens (including phenoxy) is 1. The fourth-order valence-corrected chi connectivity index (χ4v) is 2.10. The minimum absolute atomic E-state index is 0.650. The Morgan fingerprint density at radius 1 is 1.35 bits per heavy atom. The molecule has 4 heteroatoms. The molecule has 0 atom stereocenters. The van der Waals surface area contributed by atoms with Crippen molar-refractivity contribution >= 4 is 17.0 Å². The zero-order valence-corrected chi connectivity index (χ0v) is 10.7. The normalized spacial score (nSPS) is 10.4. The molecule has 0 saturated heterocycles. The Balaban J connectivity index is 1.99. The van der Waals surface area contributed by atoms with Gasteiger partial charge in [-0.1, -0.05) is 18.2 Å². The molecule has 0 aliphatic carbocycles. The summed E-state index contributed by atoms with van der Waals surface area (Å²) in [6.45, 7) is 4.16. The lowest BCUT2D eigenvalue weighted by Crippen LogP contribution is -2.03. The predicted molar refractivity (Wildman–Crippen MR) is 71.2 cm³/mol. The molecule has 0 amide bonds. The summed E-state index contributed by atoms with van der Waals surface area (Å²) in [7, 11) is 0. The molecule has 1 aromatic heterocycles. The van der Waals surface area contributed by atoms with E-state index in [0.29, 0.717) is 6.61 Å². The number of anilines is 1. The second-order valence-corrected chi connectivity index (χ2v) is 4.55. The molecule has 3 nitrogen and oxygen atoms in total. The van der Waals surface area contributed by atoms with Gasteiger partial charge in [-0.05, 0) is 13.0 Å². The summed E-state index contributed by atoms with van der Waals surface area (Å²) in [6, 6.07) is 8.21. The molecule has 90 valence electrons. The molecule has 0 bridgehead atoms. The SMILES string of the molecule is CCOCc1ccccc1NCc1nccs1. The number of hydrogen-bond acceptors (Lipinski definition) is 4. The van der Waals surface area contributed by atoms with Gasteiger partial charge in [0.15, 0.2) is 0 Å². The van der Waals surface area contributed by atoms with Crippen LogP contribution in [0.1, 0.15) is 17.5 Å². The molecular weight excluding hydrogens is 232 g/mol. The molecule has 0 unspecified atom stereocenters. The topological polar surface area (TPSA) is 34.1 Å². The first-order valence-corrected chi connectivity index (χ1v) is 6.56. The van der Waals surface area contributed by atoms with Gasteiger partial charge < -0.3 is 10.1 Å². The summed E-state index contributed by atoms with van der Waals surface area (Å²) in [5, 5.41) is 6.48. The fourth-order valence-electron chi connectivity index (χ4n) is 1.54. The number of rotatable bonds is 6. The molecule has 17 heavy (non-hydrogen) atoms. The first kappa shape index (κ1) is 12.1. The molecule has 1 aromatic carbocycles. The third-order valence-corrected chi connectivity index (χ3v) is 3.17. The van der Waals surface area contributed by atoms with Crippen LogP contribution in [0.3, 0.4) is 0 Å². The van der Waals surface area contributed by atoms with Crippen LogP contribution in [0.15, 0.2) is 35.8 Å². The van der Waals surface area contributed by atoms with Crippen molar-refractivity contribution in [3.05, 3.63) is 46.4 Å². The molecule has 2 rings (SSSR count). The Labute approximate surface area is 105 Å². The number of benzene rings is 1. The summed E-state index contributed by atoms with van der Waals surface area (Å²) in [6.07, 6.45) is 1.83. The van der Waals surface area contributed by atoms with E-state index in [4.69, 9.17) is 4.74 Å². The third-order valence-electron chi connectivity index (χ3n) is 2.39. The highest BCUT2D eigenvalue weighted by Crippen LogP contribution is 2.17. The van der Waals surface area contributed by atoms with Crippen LogP contribution in [0, 0.1) is 0 Å². The van der Waals surface area contributed by atoms with E-state index in [-0.39, 0.29) is 0 Å². The standard InChI is InChI=1S/C13H16N2OS/c1-2-16-10-11-5-3-4-6-12(11)15-9-13-14-7-8-17-13/h3-8,15H,2,9-10H2,1H3. The van der Waals surface area contributed by atoms with Gasteiger partial charge in [0.25, 0.3) is 0 Å². The van der Waals surface area contributed by atoms with Gasteiger partial charge >= 0.3 is 0 Å². The number of nitrogens with zero attached hydrogens (tertiary/aromatic N) is 1. The smallest absolute Gasteiger partial charge is 0.112 e. The highest BCUT2D eigenvalue weighted by Gasteiger charge is 2.02. The molecule has 1 N–H and O–H groups in total. The third kappa shape index (κ3) is 3.54. The minimum atomic E-state index is 0.650. The van der Waals surface area contributed by atoms with Gasteiger partial charge in [-0.2, -0.15) is 0 Å². The Morgan fingerprint density at radius 2 is 2.24 bits per heavy atom. The van der Waals surface area contributed by atoms with Crippen molar-refractivity contribution < 1.29 is 4.74 Å². The highest BCUT2D eigenvalue weighted by molar-refractivity contribution is 7.09. The molecular formula is C13H16N2OS. The minimum Gasteiger partial charge on any atom is -0.378 e. The number of nitrogens with one attached hydrogen (secondary N) is 1. The van der Waals surface area contributed by atoms with Gasteiger partial charge in [-0.3, -0.25) is 0 Å². The van der Waals surface area contributed by atoms with E-state index >= 15 is 0 Å². The van der Waals surface area contributed by atoms with Gasteiger partial charge in [0.1, 0.15) is 5.01 Å². The van der Waals surface area contributed by atoms with Crippen molar-refractivity contribution in [1.82, 2.24) is 4.98 Å². The second-order valence-electron chi connectivity index (χ2n) is 3.57. The summed E-state index contributed by atoms with van der Waals surface area (Å²) in [5.74, 6) is 0. The van der Waals surface area contributed by atoms with E-state index in [1.807, 2.05) is 30.6 Å². The van der Waals surface area contributed by atoms with E-state index in [0.717, 1.165) is 23.8 Å². The van der Waals surface area contributed by atoms with E-state index in [1.54, 1.807) is 11.3 Å². The number of aromatic nitrogens is 1. The van der Waals surface area contributed by atoms with Crippen molar-refractivity contribution in [3.63, 3.8) is 0 Å². The van der Waals surface area contributed by atoms with Crippen molar-refractivity contribution in [2.75, 3.05) is 11.9 Å². The monoisotopic (exact) mass is 248 g/mol. The fraction of sp³-hybridized carbons (Fsp3) is 0.308. The average molecular weight is 248 g/mol. The summed E-state index contributed by atoms with van der Waals surface area (Å²) >= 11 is 1.66. The quantitative estimate of drug-likeness (QED) is 0.851. The van der Waals surface area contributed by atoms with Gasteiger partial charge in [-0.25, -0.2) is 4.98 Å². The van der Waals surface area contributed by atoms with E-state index < -0.39 is 0 Å². The number of thiazole rings is 1. The maximum absolute atomic E-state index is 5.44. The molecule has 0 aliphatic rings. The van der Waals surface area contributed by atoms with E-state index in [1.165, 1.54) is 5.56 Å². The van der Waals surface area contributed by atoms with Gasteiger partial charge in [0, 0.05) is 29.4 Å². The summed E-state index contributed by atoms with van der Waals surface area (Å²) in [4.78, 5) is 4.25. The second kappa shape index (κ2) is 6.37. The van der Waals surface area contributed by atoms with Crippen LogP contribution < -0.4 is 5.32 Å². The maximum atomic E-state index is 5.44. The lowest BCUT2D eigenvalue weighted by Gasteiger charge is -2.10. The molecule has 0 saturated carbocycles. The Kier molecular flexibility index (Phi) is 4.53. The lowest BCUT2D eigenvalue weighted by molar-refractivity contribution is 0.134. The van der Waals surface area contributed by atoms with Crippen LogP contribution in [0.5, 0.6) is 0 Å². The Morgan fingerprint density at radius 3 is 3.00 bits per heavy atom. The van der Waals surface area contributed by atoms with Crippen molar-refractivity contribution in [2.24, 2.45) is 0 Å². The van der Waals surface area contributed by atoms with Gasteiger partial charge in [0.05, 0.1) is 13.2 Å². The van der Waals surface area contributed by atoms with Crippen LogP contribution >= 0.6 is 11.3 Å². The zero-order chi connectivity index (χ0) is 11.9. The van der Waals surface area contributed by atoms with Crippen LogP contribution in [0.25, 0.3) is 0 Å². The van der Waals surface area contributed by atoms with Crippen molar-refractivity contribution in [1.29, 1.82) is 0 Å². The molecule has 0 spiro atoms. The van der Waals surface area contributed by atoms with Crippen LogP contribution in [-0.4, -0.2) is 11.6 Å². The lowest BCUT2D eigenvalue weighted by atomic mass is 10.2. The zero-order valence-electron chi connectivity index (χ0n) is 9.85. The highest BCUT2D eigenvalue weighted by atomic mass is 32.1. The molecule has 0 aliphatic heterocycles. The van der Waals surface area contributed by atoms with Crippen molar-refractivity contribution in [3.8, 4) is 0 Å². The summed E-state index contributed by atoms with van der Waals surface area (Å²) < 4.78 is 5.44. The van der Waals surface area contributed by atoms with Crippen LogP contribution in [0.2, 0.25) is 0 Å².